The number of phenolic OH excluding ortho intramolecular Hbond substituents is 2. The molecule has 0 amide bonds. The zero-order valence-electron chi connectivity index (χ0n) is 96.0. The van der Waals surface area contributed by atoms with Crippen molar-refractivity contribution in [3.05, 3.63) is 256 Å². The van der Waals surface area contributed by atoms with E-state index in [1.165, 1.54) is 70.2 Å². The third-order valence-electron chi connectivity index (χ3n) is 39.0. The fourth-order valence-electron chi connectivity index (χ4n) is 37.0. The zero-order chi connectivity index (χ0) is 104. The number of aromatic hydroxyl groups is 2. The third kappa shape index (κ3) is 15.6. The minimum atomic E-state index is -1.04. The minimum Gasteiger partial charge on any atom is -0.508 e. The van der Waals surface area contributed by atoms with Crippen LogP contribution in [0.3, 0.4) is 0 Å². The van der Waals surface area contributed by atoms with Gasteiger partial charge < -0.3 is 30.2 Å². The molecule has 10 aliphatic rings. The summed E-state index contributed by atoms with van der Waals surface area (Å²) >= 11 is 0. The molecule has 10 aliphatic carbocycles. The Hall–Kier alpha value is -8.68. The highest BCUT2D eigenvalue weighted by Gasteiger charge is 2.68. The Morgan fingerprint density at radius 3 is 0.535 bits per heavy atom. The molecule has 5 unspecified atom stereocenters. The van der Waals surface area contributed by atoms with Gasteiger partial charge in [-0.1, -0.05) is 336 Å². The molecule has 0 radical (unpaired) electrons. The molecule has 144 heavy (non-hydrogen) atoms. The van der Waals surface area contributed by atoms with Gasteiger partial charge >= 0.3 is 0 Å². The molecule has 0 bridgehead atoms. The van der Waals surface area contributed by atoms with Gasteiger partial charge in [0.2, 0.25) is 0 Å². The molecule has 0 saturated heterocycles. The van der Waals surface area contributed by atoms with Crippen molar-refractivity contribution in [1.82, 2.24) is 0 Å². The SMILES string of the molecule is CCCCc1c2c(c(-c3ccc(N(c4ccc(-c5c6c(c(CCCC)c7c5C(C)(C)CC7(C)C)C(C)(C)CC6(C)C)cc4)c4ccc(C5C(O)C(c6ccc(N(c7ccc(-c8c9c(c(CCCC)c%10c8C(C)(C)CC%10(C)C)C(C)(C)CC9(C)C)cc7)c7ccc(-c8c9c(c(CCCC)c%10c8C(C)(C)CC%10(C)C)C(C)(C)CC9(C)C)cc7)cc6O)[C@@H]6C(O)C56)c(O)c4)cc3)c3c1C(C)(C)CC3(C)C)C(C)(C)CC2(C)C. The first-order valence-electron chi connectivity index (χ1n) is 56.9. The Morgan fingerprint density at radius 1 is 0.215 bits per heavy atom. The molecule has 10 aromatic carbocycles. The number of aliphatic hydroxyl groups excluding tert-OH is 2. The quantitative estimate of drug-likeness (QED) is 0.0482. The molecule has 4 N–H and O–H groups in total. The summed E-state index contributed by atoms with van der Waals surface area (Å²) in [6.45, 7) is 90.1. The first kappa shape index (κ1) is 103. The lowest BCUT2D eigenvalue weighted by Crippen LogP contribution is -2.26. The number of aliphatic hydroxyl groups is 2. The Morgan fingerprint density at radius 2 is 0.375 bits per heavy atom. The molecular formula is C138H180N2O4. The molecule has 2 saturated carbocycles. The van der Waals surface area contributed by atoms with Gasteiger partial charge in [-0.2, -0.15) is 0 Å². The fourth-order valence-corrected chi connectivity index (χ4v) is 37.0. The predicted molar refractivity (Wildman–Crippen MR) is 612 cm³/mol. The van der Waals surface area contributed by atoms with Gasteiger partial charge in [0.25, 0.3) is 0 Å². The molecule has 6 nitrogen and oxygen atoms in total. The van der Waals surface area contributed by atoms with E-state index in [1.807, 2.05) is 24.3 Å². The second kappa shape index (κ2) is 33.4. The summed E-state index contributed by atoms with van der Waals surface area (Å²) in [5.41, 5.74) is 48.7. The molecule has 0 spiro atoms. The highest BCUT2D eigenvalue weighted by atomic mass is 16.3. The number of fused-ring (bicyclic) bond motifs is 9. The largest absolute Gasteiger partial charge is 0.508 e. The monoisotopic (exact) mass is 1930 g/mol. The summed E-state index contributed by atoms with van der Waals surface area (Å²) in [6, 6.07) is 50.3. The Balaban J connectivity index is 0.706. The van der Waals surface area contributed by atoms with E-state index in [1.54, 1.807) is 111 Å². The number of hydrogen-bond donors (Lipinski definition) is 4. The van der Waals surface area contributed by atoms with Crippen molar-refractivity contribution in [2.75, 3.05) is 9.80 Å². The maximum Gasteiger partial charge on any atom is 0.121 e. The van der Waals surface area contributed by atoms with Gasteiger partial charge in [0.1, 0.15) is 11.5 Å². The van der Waals surface area contributed by atoms with E-state index in [0.29, 0.717) is 11.1 Å². The van der Waals surface area contributed by atoms with Gasteiger partial charge in [-0.3, -0.25) is 0 Å². The van der Waals surface area contributed by atoms with Gasteiger partial charge in [-0.25, -0.2) is 0 Å². The zero-order valence-corrected chi connectivity index (χ0v) is 96.0. The third-order valence-corrected chi connectivity index (χ3v) is 39.0. The molecule has 6 atom stereocenters. The maximum atomic E-state index is 13.5. The van der Waals surface area contributed by atoms with Crippen LogP contribution in [-0.2, 0) is 112 Å². The van der Waals surface area contributed by atoms with Crippen LogP contribution in [-0.4, -0.2) is 32.6 Å². The number of phenols is 2. The summed E-state index contributed by atoms with van der Waals surface area (Å²) in [6.07, 6.45) is 20.7. The van der Waals surface area contributed by atoms with E-state index < -0.39 is 24.0 Å². The molecule has 6 heteroatoms. The molecule has 0 aliphatic heterocycles. The van der Waals surface area contributed by atoms with E-state index >= 15 is 0 Å². The van der Waals surface area contributed by atoms with Crippen molar-refractivity contribution in [2.45, 2.75) is 488 Å². The summed E-state index contributed by atoms with van der Waals surface area (Å²) in [4.78, 5) is 4.68. The van der Waals surface area contributed by atoms with Crippen LogP contribution in [0, 0.1) is 11.8 Å². The number of hydrogen-bond acceptors (Lipinski definition) is 6. The molecule has 20 rings (SSSR count). The lowest BCUT2D eigenvalue weighted by atomic mass is 9.71. The van der Waals surface area contributed by atoms with Crippen LogP contribution >= 0.6 is 0 Å². The number of anilines is 6. The van der Waals surface area contributed by atoms with Crippen molar-refractivity contribution >= 4 is 34.1 Å². The first-order chi connectivity index (χ1) is 66.8. The van der Waals surface area contributed by atoms with E-state index in [9.17, 15) is 20.4 Å². The topological polar surface area (TPSA) is 87.4 Å². The van der Waals surface area contributed by atoms with Gasteiger partial charge in [0, 0.05) is 81.1 Å². The van der Waals surface area contributed by atoms with Crippen LogP contribution in [0.15, 0.2) is 133 Å². The second-order valence-corrected chi connectivity index (χ2v) is 58.9. The molecule has 10 aromatic rings. The van der Waals surface area contributed by atoms with Gasteiger partial charge in [-0.05, 0) is 406 Å². The summed E-state index contributed by atoms with van der Waals surface area (Å²) < 4.78 is 0. The van der Waals surface area contributed by atoms with E-state index in [0.717, 1.165) is 137 Å². The fraction of sp³-hybridized carbons (Fsp3) is 0.565. The van der Waals surface area contributed by atoms with Crippen LogP contribution < -0.4 is 9.80 Å². The summed E-state index contributed by atoms with van der Waals surface area (Å²) in [7, 11) is 0. The molecule has 0 aromatic heterocycles. The maximum absolute atomic E-state index is 13.5. The molecule has 0 heterocycles. The minimum absolute atomic E-state index is 0.000325. The van der Waals surface area contributed by atoms with E-state index in [4.69, 9.17) is 0 Å². The number of unbranched alkanes of at least 4 members (excludes halogenated alkanes) is 4. The molecule has 2 fully saturated rings. The Bertz CT molecular complexity index is 5890. The van der Waals surface area contributed by atoms with Crippen LogP contribution in [0.4, 0.5) is 34.1 Å². The summed E-state index contributed by atoms with van der Waals surface area (Å²) in [5.74, 6) is -1.83. The molecular weight excluding hydrogens is 1750 g/mol. The number of benzene rings is 10. The van der Waals surface area contributed by atoms with Crippen LogP contribution in [0.5, 0.6) is 11.5 Å². The number of nitrogens with zero attached hydrogens (tertiary/aromatic N) is 2. The lowest BCUT2D eigenvalue weighted by Gasteiger charge is -2.33. The van der Waals surface area contributed by atoms with Crippen molar-refractivity contribution < 1.29 is 20.4 Å². The number of rotatable bonds is 24. The lowest BCUT2D eigenvalue weighted by molar-refractivity contribution is 0.0938. The average molecular weight is 1930 g/mol. The summed E-state index contributed by atoms with van der Waals surface area (Å²) in [5, 5.41) is 52.7. The standard InChI is InChI=1S/C138H180N2O4/c1-37-41-45-91-105-113(131(21,22)71-123(105,5)6)97(114-106(91)124(7,8)72-132(114,23)24)79-49-57-83(58-50-79)139(84-59-51-80(52-60-84)98-115-107(125(9,10)73-133(115,25)26)92(46-42-38-2)108-116(98)134(27,28)74-126(108,11)12)87-65-67-89(95(141)69-87)101-103-104(122(103)144)102(121(101)143)90-68-66-88(70-96(90)142)140(85-61-53-81(54-62-85)99-117-109(127(13,14)75-135(117,29)30)93(47-43-39-3)110-118(99)136(31,32)76-128(110,15)16)86-63-55-82(56-64-86)100-119-111(129(17,18)77-137(119,33)34)94(48-44-40-4)112-120(100)138(35,36)78-130(112,19)20/h49-70,101-104,121-122,141-144H,37-48,71-78H2,1-36H3/t101?,102?,103-,104?,121?,122?/m0/s1. The Kier molecular flexibility index (Phi) is 23.8. The van der Waals surface area contributed by atoms with E-state index in [-0.39, 0.29) is 110 Å². The van der Waals surface area contributed by atoms with E-state index in [2.05, 4.69) is 368 Å². The Labute approximate surface area is 870 Å². The average Bonchev–Trinajstić information content (AvgIpc) is 1.51. The van der Waals surface area contributed by atoms with Crippen LogP contribution in [0.1, 0.15) is 486 Å². The van der Waals surface area contributed by atoms with Gasteiger partial charge in [0.15, 0.2) is 0 Å². The highest BCUT2D eigenvalue weighted by molar-refractivity contribution is 5.91. The normalized spacial score (nSPS) is 24.5. The predicted octanol–water partition coefficient (Wildman–Crippen LogP) is 36.6. The highest BCUT2D eigenvalue weighted by Crippen LogP contribution is 2.72. The van der Waals surface area contributed by atoms with Crippen molar-refractivity contribution in [3.63, 3.8) is 0 Å². The van der Waals surface area contributed by atoms with Gasteiger partial charge in [0.05, 0.1) is 12.2 Å². The second-order valence-electron chi connectivity index (χ2n) is 58.9. The molecule has 766 valence electrons. The van der Waals surface area contributed by atoms with Crippen molar-refractivity contribution in [2.24, 2.45) is 11.8 Å². The van der Waals surface area contributed by atoms with Gasteiger partial charge in [-0.15, -0.1) is 0 Å². The van der Waals surface area contributed by atoms with Crippen LogP contribution in [0.2, 0.25) is 0 Å². The van der Waals surface area contributed by atoms with Crippen molar-refractivity contribution in [3.8, 4) is 56.0 Å². The van der Waals surface area contributed by atoms with Crippen LogP contribution in [0.25, 0.3) is 44.5 Å². The van der Waals surface area contributed by atoms with Crippen molar-refractivity contribution in [1.29, 1.82) is 0 Å². The smallest absolute Gasteiger partial charge is 0.121 e. The first-order valence-corrected chi connectivity index (χ1v) is 56.9.